The molecule has 24 heavy (non-hydrogen) atoms. The lowest BCUT2D eigenvalue weighted by Gasteiger charge is -2.41. The third kappa shape index (κ3) is 3.48. The number of piperazine rings is 1. The summed E-state index contributed by atoms with van der Waals surface area (Å²) in [5.41, 5.74) is 8.24. The van der Waals surface area contributed by atoms with Gasteiger partial charge in [-0.3, -0.25) is 4.90 Å². The minimum Gasteiger partial charge on any atom is -0.398 e. The minimum absolute atomic E-state index is 0.165. The van der Waals surface area contributed by atoms with Crippen molar-refractivity contribution in [3.63, 3.8) is 0 Å². The Balaban J connectivity index is 1.62. The van der Waals surface area contributed by atoms with Crippen molar-refractivity contribution in [2.45, 2.75) is 39.3 Å². The molecule has 2 amide bonds. The van der Waals surface area contributed by atoms with Gasteiger partial charge in [-0.05, 0) is 49.9 Å². The smallest absolute Gasteiger partial charge is 0.320 e. The van der Waals surface area contributed by atoms with E-state index >= 15 is 0 Å². The van der Waals surface area contributed by atoms with E-state index in [9.17, 15) is 9.18 Å². The number of carbonyl (C=O) groups excluding carboxylic acids is 1. The van der Waals surface area contributed by atoms with E-state index in [2.05, 4.69) is 11.8 Å². The first-order valence-corrected chi connectivity index (χ1v) is 8.78. The molecule has 1 aromatic rings. The molecule has 2 aliphatic heterocycles. The van der Waals surface area contributed by atoms with E-state index in [1.807, 2.05) is 16.7 Å². The maximum atomic E-state index is 13.6. The van der Waals surface area contributed by atoms with Crippen LogP contribution in [0.4, 0.5) is 14.9 Å². The van der Waals surface area contributed by atoms with Crippen LogP contribution in [0.3, 0.4) is 0 Å². The molecule has 2 N–H and O–H groups in total. The normalized spacial score (nSPS) is 22.2. The number of benzene rings is 1. The Kier molecular flexibility index (Phi) is 4.94. The molecule has 1 atom stereocenters. The highest BCUT2D eigenvalue weighted by Crippen LogP contribution is 2.22. The van der Waals surface area contributed by atoms with Gasteiger partial charge < -0.3 is 15.5 Å². The number of likely N-dealkylation sites (tertiary alicyclic amines) is 1. The first-order valence-electron chi connectivity index (χ1n) is 8.78. The molecule has 3 rings (SSSR count). The van der Waals surface area contributed by atoms with E-state index in [4.69, 9.17) is 5.73 Å². The molecule has 2 saturated heterocycles. The summed E-state index contributed by atoms with van der Waals surface area (Å²) >= 11 is 0. The summed E-state index contributed by atoms with van der Waals surface area (Å²) in [6.45, 7) is 8.79. The van der Waals surface area contributed by atoms with Crippen molar-refractivity contribution in [3.05, 3.63) is 29.1 Å². The van der Waals surface area contributed by atoms with Crippen LogP contribution in [0, 0.1) is 12.7 Å². The van der Waals surface area contributed by atoms with Crippen LogP contribution < -0.4 is 5.73 Å². The third-order valence-electron chi connectivity index (χ3n) is 5.25. The Morgan fingerprint density at radius 1 is 1.25 bits per heavy atom. The lowest BCUT2D eigenvalue weighted by molar-refractivity contribution is 0.0814. The van der Waals surface area contributed by atoms with Crippen molar-refractivity contribution in [1.29, 1.82) is 0 Å². The molecular weight excluding hydrogens is 307 g/mol. The summed E-state index contributed by atoms with van der Waals surface area (Å²) in [5.74, 6) is -0.288. The van der Waals surface area contributed by atoms with Gasteiger partial charge in [-0.15, -0.1) is 0 Å². The number of urea groups is 1. The summed E-state index contributed by atoms with van der Waals surface area (Å²) in [7, 11) is 0. The topological polar surface area (TPSA) is 52.8 Å². The number of nitrogen functional groups attached to an aromatic ring is 1. The zero-order chi connectivity index (χ0) is 17.3. The maximum absolute atomic E-state index is 13.6. The van der Waals surface area contributed by atoms with E-state index in [0.717, 1.165) is 56.7 Å². The van der Waals surface area contributed by atoms with E-state index in [1.165, 1.54) is 6.07 Å². The lowest BCUT2D eigenvalue weighted by Crippen LogP contribution is -2.56. The van der Waals surface area contributed by atoms with Gasteiger partial charge in [-0.2, -0.15) is 0 Å². The molecular formula is C18H27FN4O. The van der Waals surface area contributed by atoms with Gasteiger partial charge in [0.15, 0.2) is 0 Å². The zero-order valence-electron chi connectivity index (χ0n) is 14.6. The van der Waals surface area contributed by atoms with Crippen LogP contribution in [-0.2, 0) is 6.54 Å². The molecule has 0 unspecified atom stereocenters. The highest BCUT2D eigenvalue weighted by molar-refractivity contribution is 5.75. The van der Waals surface area contributed by atoms with Crippen molar-refractivity contribution >= 4 is 11.7 Å². The van der Waals surface area contributed by atoms with Crippen molar-refractivity contribution in [2.24, 2.45) is 0 Å². The summed E-state index contributed by atoms with van der Waals surface area (Å²) in [5, 5.41) is 0. The third-order valence-corrected chi connectivity index (χ3v) is 5.25. The van der Waals surface area contributed by atoms with Crippen LogP contribution in [0.25, 0.3) is 0 Å². The van der Waals surface area contributed by atoms with Crippen LogP contribution in [0.1, 0.15) is 30.9 Å². The number of hydrogen-bond acceptors (Lipinski definition) is 3. The second-order valence-electron chi connectivity index (χ2n) is 7.03. The van der Waals surface area contributed by atoms with Gasteiger partial charge in [-0.1, -0.05) is 0 Å². The predicted octanol–water partition coefficient (Wildman–Crippen LogP) is 2.44. The van der Waals surface area contributed by atoms with Gasteiger partial charge in [0.05, 0.1) is 0 Å². The fourth-order valence-corrected chi connectivity index (χ4v) is 3.71. The molecule has 0 bridgehead atoms. The molecule has 2 fully saturated rings. The van der Waals surface area contributed by atoms with Crippen molar-refractivity contribution < 1.29 is 9.18 Å². The van der Waals surface area contributed by atoms with Crippen molar-refractivity contribution in [2.75, 3.05) is 38.5 Å². The van der Waals surface area contributed by atoms with Crippen molar-refractivity contribution in [3.8, 4) is 0 Å². The number of carbonyl (C=O) groups is 1. The van der Waals surface area contributed by atoms with Crippen LogP contribution in [0.15, 0.2) is 12.1 Å². The largest absolute Gasteiger partial charge is 0.398 e. The van der Waals surface area contributed by atoms with E-state index in [1.54, 1.807) is 6.07 Å². The molecule has 5 nitrogen and oxygen atoms in total. The molecule has 0 aliphatic carbocycles. The SMILES string of the molecule is Cc1c(N)cc(F)cc1CN1CCN(C(=O)N2CCCC2)[C@@H](C)C1. The Hall–Kier alpha value is -1.82. The van der Waals surface area contributed by atoms with Crippen LogP contribution in [0.2, 0.25) is 0 Å². The monoisotopic (exact) mass is 334 g/mol. The maximum Gasteiger partial charge on any atom is 0.320 e. The average molecular weight is 334 g/mol. The van der Waals surface area contributed by atoms with Crippen molar-refractivity contribution in [1.82, 2.24) is 14.7 Å². The lowest BCUT2D eigenvalue weighted by atomic mass is 10.0. The molecule has 0 spiro atoms. The molecule has 6 heteroatoms. The number of amides is 2. The Morgan fingerprint density at radius 3 is 2.62 bits per heavy atom. The van der Waals surface area contributed by atoms with Gasteiger partial charge in [0.1, 0.15) is 5.82 Å². The van der Waals surface area contributed by atoms with Crippen LogP contribution in [0.5, 0.6) is 0 Å². The molecule has 132 valence electrons. The van der Waals surface area contributed by atoms with Gasteiger partial charge in [0.25, 0.3) is 0 Å². The molecule has 0 aromatic heterocycles. The molecule has 1 aromatic carbocycles. The van der Waals surface area contributed by atoms with E-state index in [-0.39, 0.29) is 17.9 Å². The van der Waals surface area contributed by atoms with Gasteiger partial charge in [0.2, 0.25) is 0 Å². The fourth-order valence-electron chi connectivity index (χ4n) is 3.71. The van der Waals surface area contributed by atoms with Crippen LogP contribution in [-0.4, -0.2) is 59.5 Å². The Labute approximate surface area is 143 Å². The van der Waals surface area contributed by atoms with E-state index in [0.29, 0.717) is 12.2 Å². The zero-order valence-corrected chi connectivity index (χ0v) is 14.6. The van der Waals surface area contributed by atoms with Gasteiger partial charge in [-0.25, -0.2) is 9.18 Å². The molecule has 2 aliphatic rings. The highest BCUT2D eigenvalue weighted by atomic mass is 19.1. The summed E-state index contributed by atoms with van der Waals surface area (Å²) in [6, 6.07) is 3.27. The number of halogens is 1. The Morgan fingerprint density at radius 2 is 1.96 bits per heavy atom. The highest BCUT2D eigenvalue weighted by Gasteiger charge is 2.31. The summed E-state index contributed by atoms with van der Waals surface area (Å²) < 4.78 is 13.6. The number of hydrogen-bond donors (Lipinski definition) is 1. The summed E-state index contributed by atoms with van der Waals surface area (Å²) in [4.78, 5) is 18.8. The molecule has 0 radical (unpaired) electrons. The number of nitrogens with zero attached hydrogens (tertiary/aromatic N) is 3. The number of anilines is 1. The first kappa shape index (κ1) is 17.0. The van der Waals surface area contributed by atoms with Gasteiger partial charge >= 0.3 is 6.03 Å². The Bertz CT molecular complexity index is 615. The van der Waals surface area contributed by atoms with Crippen LogP contribution >= 0.6 is 0 Å². The van der Waals surface area contributed by atoms with Gasteiger partial charge in [0, 0.05) is 51.0 Å². The second kappa shape index (κ2) is 6.97. The molecule has 0 saturated carbocycles. The predicted molar refractivity (Wildman–Crippen MR) is 93.2 cm³/mol. The second-order valence-corrected chi connectivity index (χ2v) is 7.03. The minimum atomic E-state index is -0.288. The first-order chi connectivity index (χ1) is 11.5. The number of rotatable bonds is 2. The fraction of sp³-hybridized carbons (Fsp3) is 0.611. The molecule has 2 heterocycles. The van der Waals surface area contributed by atoms with E-state index < -0.39 is 0 Å². The quantitative estimate of drug-likeness (QED) is 0.845. The average Bonchev–Trinajstić information content (AvgIpc) is 3.06. The summed E-state index contributed by atoms with van der Waals surface area (Å²) in [6.07, 6.45) is 2.22. The standard InChI is InChI=1S/C18H27FN4O/c1-13-11-21(12-15-9-16(19)10-17(20)14(15)2)7-8-23(13)18(24)22-5-3-4-6-22/h9-10,13H,3-8,11-12,20H2,1-2H3/t13-/m0/s1. The number of nitrogens with two attached hydrogens (primary N) is 1.